The van der Waals surface area contributed by atoms with Crippen molar-refractivity contribution in [2.45, 2.75) is 51.5 Å². The summed E-state index contributed by atoms with van der Waals surface area (Å²) in [6, 6.07) is 5.20. The van der Waals surface area contributed by atoms with Crippen LogP contribution in [0.3, 0.4) is 0 Å². The maximum Gasteiger partial charge on any atom is 0.251 e. The van der Waals surface area contributed by atoms with Crippen molar-refractivity contribution in [3.8, 4) is 5.75 Å². The molecule has 1 fully saturated rings. The Morgan fingerprint density at radius 3 is 2.65 bits per heavy atom. The van der Waals surface area contributed by atoms with Crippen LogP contribution in [0.15, 0.2) is 22.7 Å². The number of rotatable bonds is 4. The second-order valence-electron chi connectivity index (χ2n) is 5.65. The molecule has 1 aliphatic carbocycles. The highest BCUT2D eigenvalue weighted by molar-refractivity contribution is 9.10. The molecule has 1 aromatic rings. The van der Waals surface area contributed by atoms with Crippen LogP contribution in [0.4, 0.5) is 0 Å². The molecular weight excluding hydrogens is 318 g/mol. The zero-order chi connectivity index (χ0) is 14.5. The lowest BCUT2D eigenvalue weighted by Gasteiger charge is -2.29. The quantitative estimate of drug-likeness (QED) is 0.861. The molecule has 1 amide bonds. The number of benzene rings is 1. The van der Waals surface area contributed by atoms with E-state index in [0.29, 0.717) is 10.0 Å². The van der Waals surface area contributed by atoms with Crippen LogP contribution in [-0.4, -0.2) is 17.1 Å². The van der Waals surface area contributed by atoms with Crippen molar-refractivity contribution in [2.24, 2.45) is 5.92 Å². The van der Waals surface area contributed by atoms with Crippen LogP contribution in [0, 0.1) is 5.92 Å². The fraction of sp³-hybridized carbons (Fsp3) is 0.562. The summed E-state index contributed by atoms with van der Waals surface area (Å²) in [5, 5.41) is 12.7. The minimum absolute atomic E-state index is 0.0910. The van der Waals surface area contributed by atoms with Crippen molar-refractivity contribution in [1.29, 1.82) is 0 Å². The molecule has 1 saturated carbocycles. The highest BCUT2D eigenvalue weighted by atomic mass is 79.9. The molecule has 3 nitrogen and oxygen atoms in total. The number of phenolic OH excluding ortho intramolecular Hbond substituents is 1. The summed E-state index contributed by atoms with van der Waals surface area (Å²) >= 11 is 3.22. The van der Waals surface area contributed by atoms with Crippen molar-refractivity contribution in [3.05, 3.63) is 28.2 Å². The zero-order valence-corrected chi connectivity index (χ0v) is 13.4. The molecule has 0 aromatic heterocycles. The van der Waals surface area contributed by atoms with Gasteiger partial charge in [0.25, 0.3) is 5.91 Å². The Kier molecular flexibility index (Phi) is 5.46. The van der Waals surface area contributed by atoms with Gasteiger partial charge in [-0.1, -0.05) is 19.8 Å². The van der Waals surface area contributed by atoms with Gasteiger partial charge in [0.05, 0.1) is 4.47 Å². The van der Waals surface area contributed by atoms with E-state index >= 15 is 0 Å². The topological polar surface area (TPSA) is 49.3 Å². The van der Waals surface area contributed by atoms with E-state index in [-0.39, 0.29) is 17.7 Å². The summed E-state index contributed by atoms with van der Waals surface area (Å²) in [6.45, 7) is 2.23. The maximum atomic E-state index is 12.1. The van der Waals surface area contributed by atoms with E-state index in [1.807, 2.05) is 0 Å². The molecule has 0 radical (unpaired) electrons. The normalized spacial score (nSPS) is 22.5. The number of hydrogen-bond donors (Lipinski definition) is 2. The van der Waals surface area contributed by atoms with Crippen LogP contribution in [-0.2, 0) is 0 Å². The van der Waals surface area contributed by atoms with Gasteiger partial charge in [0, 0.05) is 11.6 Å². The van der Waals surface area contributed by atoms with E-state index in [1.165, 1.54) is 31.7 Å². The number of aromatic hydroxyl groups is 1. The van der Waals surface area contributed by atoms with Crippen molar-refractivity contribution < 1.29 is 9.90 Å². The molecule has 0 aliphatic heterocycles. The molecule has 0 atom stereocenters. The minimum Gasteiger partial charge on any atom is -0.507 e. The summed E-state index contributed by atoms with van der Waals surface area (Å²) in [5.41, 5.74) is 0.515. The fourth-order valence-electron chi connectivity index (χ4n) is 2.93. The molecule has 4 heteroatoms. The number of hydrogen-bond acceptors (Lipinski definition) is 2. The van der Waals surface area contributed by atoms with Crippen LogP contribution in [0.2, 0.25) is 0 Å². The lowest BCUT2D eigenvalue weighted by Crippen LogP contribution is -2.37. The van der Waals surface area contributed by atoms with Crippen LogP contribution in [0.5, 0.6) is 5.75 Å². The van der Waals surface area contributed by atoms with E-state index in [4.69, 9.17) is 0 Å². The van der Waals surface area contributed by atoms with Crippen LogP contribution in [0.25, 0.3) is 0 Å². The Morgan fingerprint density at radius 1 is 1.35 bits per heavy atom. The average Bonchev–Trinajstić information content (AvgIpc) is 2.44. The van der Waals surface area contributed by atoms with Gasteiger partial charge in [-0.15, -0.1) is 0 Å². The molecule has 110 valence electrons. The largest absolute Gasteiger partial charge is 0.507 e. The lowest BCUT2D eigenvalue weighted by atomic mass is 9.83. The second kappa shape index (κ2) is 7.11. The number of amides is 1. The van der Waals surface area contributed by atoms with Gasteiger partial charge >= 0.3 is 0 Å². The number of halogens is 1. The standard InChI is InChI=1S/C16H22BrNO2/c1-2-3-11-4-7-13(8-5-11)18-16(20)12-6-9-14(17)15(19)10-12/h6,9-11,13,19H,2-5,7-8H2,1H3,(H,18,20). The Labute approximate surface area is 128 Å². The summed E-state index contributed by atoms with van der Waals surface area (Å²) in [4.78, 5) is 12.1. The Balaban J connectivity index is 1.87. The van der Waals surface area contributed by atoms with Gasteiger partial charge in [-0.3, -0.25) is 4.79 Å². The Bertz CT molecular complexity index is 468. The molecule has 1 aliphatic rings. The Morgan fingerprint density at radius 2 is 2.05 bits per heavy atom. The van der Waals surface area contributed by atoms with E-state index in [9.17, 15) is 9.90 Å². The third-order valence-corrected chi connectivity index (χ3v) is 4.76. The third kappa shape index (κ3) is 3.98. The lowest BCUT2D eigenvalue weighted by molar-refractivity contribution is 0.0920. The minimum atomic E-state index is -0.0910. The molecule has 1 aromatic carbocycles. The summed E-state index contributed by atoms with van der Waals surface area (Å²) in [7, 11) is 0. The first kappa shape index (κ1) is 15.4. The molecule has 0 heterocycles. The SMILES string of the molecule is CCCC1CCC(NC(=O)c2ccc(Br)c(O)c2)CC1. The first-order valence-electron chi connectivity index (χ1n) is 7.39. The molecule has 2 N–H and O–H groups in total. The van der Waals surface area contributed by atoms with Gasteiger partial charge in [0.15, 0.2) is 0 Å². The molecule has 0 saturated heterocycles. The summed E-state index contributed by atoms with van der Waals surface area (Å²) in [6.07, 6.45) is 7.12. The average molecular weight is 340 g/mol. The van der Waals surface area contributed by atoms with E-state index in [0.717, 1.165) is 18.8 Å². The molecule has 20 heavy (non-hydrogen) atoms. The third-order valence-electron chi connectivity index (χ3n) is 4.09. The van der Waals surface area contributed by atoms with Crippen molar-refractivity contribution in [1.82, 2.24) is 5.32 Å². The molecule has 0 spiro atoms. The number of nitrogens with one attached hydrogen (secondary N) is 1. The Hall–Kier alpha value is -1.03. The smallest absolute Gasteiger partial charge is 0.251 e. The van der Waals surface area contributed by atoms with Gasteiger partial charge in [0.2, 0.25) is 0 Å². The predicted octanol–water partition coefficient (Wildman–Crippen LogP) is 4.24. The monoisotopic (exact) mass is 339 g/mol. The number of phenols is 1. The van der Waals surface area contributed by atoms with Crippen LogP contribution in [0.1, 0.15) is 55.8 Å². The van der Waals surface area contributed by atoms with Crippen LogP contribution < -0.4 is 5.32 Å². The molecule has 2 rings (SSSR count). The predicted molar refractivity (Wildman–Crippen MR) is 83.9 cm³/mol. The van der Waals surface area contributed by atoms with Crippen molar-refractivity contribution in [2.75, 3.05) is 0 Å². The van der Waals surface area contributed by atoms with Gasteiger partial charge in [-0.25, -0.2) is 0 Å². The fourth-order valence-corrected chi connectivity index (χ4v) is 3.17. The number of carbonyl (C=O) groups is 1. The van der Waals surface area contributed by atoms with Gasteiger partial charge in [-0.2, -0.15) is 0 Å². The first-order valence-corrected chi connectivity index (χ1v) is 8.18. The number of carbonyl (C=O) groups excluding carboxylic acids is 1. The van der Waals surface area contributed by atoms with Gasteiger partial charge < -0.3 is 10.4 Å². The summed E-state index contributed by atoms with van der Waals surface area (Å²) in [5.74, 6) is 0.848. The van der Waals surface area contributed by atoms with Crippen molar-refractivity contribution in [3.63, 3.8) is 0 Å². The van der Waals surface area contributed by atoms with Crippen LogP contribution >= 0.6 is 15.9 Å². The molecular formula is C16H22BrNO2. The highest BCUT2D eigenvalue weighted by Gasteiger charge is 2.22. The summed E-state index contributed by atoms with van der Waals surface area (Å²) < 4.78 is 0.606. The van der Waals surface area contributed by atoms with Gasteiger partial charge in [-0.05, 0) is 65.7 Å². The molecule has 0 unspecified atom stereocenters. The first-order chi connectivity index (χ1) is 9.60. The van der Waals surface area contributed by atoms with Gasteiger partial charge in [0.1, 0.15) is 5.75 Å². The highest BCUT2D eigenvalue weighted by Crippen LogP contribution is 2.28. The second-order valence-corrected chi connectivity index (χ2v) is 6.50. The van der Waals surface area contributed by atoms with E-state index in [2.05, 4.69) is 28.2 Å². The van der Waals surface area contributed by atoms with E-state index in [1.54, 1.807) is 12.1 Å². The zero-order valence-electron chi connectivity index (χ0n) is 11.9. The molecule has 0 bridgehead atoms. The van der Waals surface area contributed by atoms with E-state index < -0.39 is 0 Å². The van der Waals surface area contributed by atoms with Crippen molar-refractivity contribution >= 4 is 21.8 Å². The maximum absolute atomic E-state index is 12.1.